The van der Waals surface area contributed by atoms with Gasteiger partial charge >= 0.3 is 0 Å². The first-order valence-corrected chi connectivity index (χ1v) is 14.0. The van der Waals surface area contributed by atoms with Crippen LogP contribution >= 0.6 is 11.3 Å². The highest BCUT2D eigenvalue weighted by Crippen LogP contribution is 2.31. The number of hydrogen-bond acceptors (Lipinski definition) is 9. The summed E-state index contributed by atoms with van der Waals surface area (Å²) < 4.78 is 17.3. The molecule has 2 aromatic carbocycles. The summed E-state index contributed by atoms with van der Waals surface area (Å²) in [6.45, 7) is 2.15. The molecule has 0 saturated carbocycles. The van der Waals surface area contributed by atoms with E-state index in [1.165, 1.54) is 19.5 Å². The van der Waals surface area contributed by atoms with Crippen LogP contribution < -0.4 is 30.4 Å². The minimum Gasteiger partial charge on any atom is -0.493 e. The van der Waals surface area contributed by atoms with Crippen LogP contribution in [0.3, 0.4) is 0 Å². The molecular formula is C29H27N5O7S. The molecule has 4 bridgehead atoms. The number of aromatic amines is 1. The summed E-state index contributed by atoms with van der Waals surface area (Å²) in [4.78, 5) is 61.2. The first kappa shape index (κ1) is 27.3. The predicted octanol–water partition coefficient (Wildman–Crippen LogP) is 2.01. The number of aryl methyl sites for hydroxylation is 1. The summed E-state index contributed by atoms with van der Waals surface area (Å²) >= 11 is 1.16. The van der Waals surface area contributed by atoms with E-state index >= 15 is 0 Å². The van der Waals surface area contributed by atoms with Gasteiger partial charge in [0, 0.05) is 18.7 Å². The lowest BCUT2D eigenvalue weighted by Crippen LogP contribution is -2.45. The lowest BCUT2D eigenvalue weighted by atomic mass is 10.1. The Labute approximate surface area is 243 Å². The van der Waals surface area contributed by atoms with E-state index in [0.29, 0.717) is 38.7 Å². The van der Waals surface area contributed by atoms with E-state index < -0.39 is 18.1 Å². The van der Waals surface area contributed by atoms with Crippen molar-refractivity contribution in [2.24, 2.45) is 0 Å². The van der Waals surface area contributed by atoms with Gasteiger partial charge in [-0.05, 0) is 48.4 Å². The van der Waals surface area contributed by atoms with E-state index in [0.717, 1.165) is 16.9 Å². The predicted molar refractivity (Wildman–Crippen MR) is 153 cm³/mol. The fourth-order valence-corrected chi connectivity index (χ4v) is 6.18. The second-order valence-corrected chi connectivity index (χ2v) is 11.0. The van der Waals surface area contributed by atoms with Crippen molar-refractivity contribution >= 4 is 39.3 Å². The number of thiophene rings is 1. The SMILES string of the molecule is COc1ccc2cc1OCC(=O)NCc1ccc(cc1)O[C@H]1CN(C(=O)c3sc4nc[nH]c(=O)c4c3C)C[C@@H]1NC2=O. The van der Waals surface area contributed by atoms with Crippen LogP contribution in [0.15, 0.2) is 53.6 Å². The topological polar surface area (TPSA) is 152 Å². The highest BCUT2D eigenvalue weighted by atomic mass is 32.1. The van der Waals surface area contributed by atoms with Gasteiger partial charge in [-0.25, -0.2) is 4.98 Å². The van der Waals surface area contributed by atoms with E-state index in [2.05, 4.69) is 20.6 Å². The fraction of sp³-hybridized carbons (Fsp3) is 0.276. The second kappa shape index (κ2) is 11.2. The van der Waals surface area contributed by atoms with Crippen LogP contribution in [0.5, 0.6) is 17.2 Å². The molecule has 3 aliphatic heterocycles. The Balaban J connectivity index is 1.32. The lowest BCUT2D eigenvalue weighted by Gasteiger charge is -2.21. The zero-order valence-corrected chi connectivity index (χ0v) is 23.6. The fourth-order valence-electron chi connectivity index (χ4n) is 5.06. The van der Waals surface area contributed by atoms with Gasteiger partial charge in [-0.3, -0.25) is 19.2 Å². The van der Waals surface area contributed by atoms with Crippen LogP contribution in [0, 0.1) is 6.92 Å². The number of nitrogens with one attached hydrogen (secondary N) is 3. The minimum atomic E-state index is -0.565. The van der Waals surface area contributed by atoms with E-state index in [1.807, 2.05) is 12.1 Å². The summed E-state index contributed by atoms with van der Waals surface area (Å²) in [5, 5.41) is 6.20. The summed E-state index contributed by atoms with van der Waals surface area (Å²) in [6, 6.07) is 11.4. The maximum Gasteiger partial charge on any atom is 0.264 e. The number of rotatable bonds is 2. The molecule has 42 heavy (non-hydrogen) atoms. The van der Waals surface area contributed by atoms with Gasteiger partial charge in [-0.1, -0.05) is 12.1 Å². The second-order valence-electron chi connectivity index (χ2n) is 9.99. The van der Waals surface area contributed by atoms with Gasteiger partial charge < -0.3 is 34.7 Å². The zero-order chi connectivity index (χ0) is 29.4. The summed E-state index contributed by atoms with van der Waals surface area (Å²) in [5.41, 5.74) is 1.41. The number of H-pyrrole nitrogens is 1. The van der Waals surface area contributed by atoms with Crippen LogP contribution in [-0.2, 0) is 11.3 Å². The monoisotopic (exact) mass is 589 g/mol. The number of aromatic nitrogens is 2. The Morgan fingerprint density at radius 3 is 2.69 bits per heavy atom. The van der Waals surface area contributed by atoms with E-state index in [4.69, 9.17) is 14.2 Å². The molecule has 0 radical (unpaired) electrons. The molecule has 13 heteroatoms. The van der Waals surface area contributed by atoms with Crippen molar-refractivity contribution in [2.75, 3.05) is 26.8 Å². The molecule has 2 atom stereocenters. The van der Waals surface area contributed by atoms with E-state index in [9.17, 15) is 19.2 Å². The number of carbonyl (C=O) groups excluding carboxylic acids is 3. The number of amides is 3. The Morgan fingerprint density at radius 2 is 1.93 bits per heavy atom. The molecule has 0 aliphatic carbocycles. The van der Waals surface area contributed by atoms with Gasteiger partial charge in [0.1, 0.15) is 16.7 Å². The number of hydrogen-bond donors (Lipinski definition) is 3. The van der Waals surface area contributed by atoms with E-state index in [-0.39, 0.29) is 48.4 Å². The van der Waals surface area contributed by atoms with E-state index in [1.54, 1.807) is 36.1 Å². The van der Waals surface area contributed by atoms with Crippen LogP contribution in [0.4, 0.5) is 0 Å². The lowest BCUT2D eigenvalue weighted by molar-refractivity contribution is -0.123. The van der Waals surface area contributed by atoms with Crippen molar-refractivity contribution < 1.29 is 28.6 Å². The van der Waals surface area contributed by atoms with Crippen LogP contribution in [-0.4, -0.2) is 71.5 Å². The van der Waals surface area contributed by atoms with Gasteiger partial charge in [0.05, 0.1) is 36.3 Å². The highest BCUT2D eigenvalue weighted by molar-refractivity contribution is 7.20. The molecule has 7 rings (SSSR count). The van der Waals surface area contributed by atoms with Crippen molar-refractivity contribution in [3.8, 4) is 17.2 Å². The van der Waals surface area contributed by atoms with Crippen LogP contribution in [0.2, 0.25) is 0 Å². The van der Waals surface area contributed by atoms with Crippen molar-refractivity contribution in [3.05, 3.63) is 80.7 Å². The number of fused-ring (bicyclic) bond motifs is 8. The molecule has 12 nitrogen and oxygen atoms in total. The molecule has 1 fully saturated rings. The maximum absolute atomic E-state index is 13.7. The smallest absolute Gasteiger partial charge is 0.264 e. The molecule has 216 valence electrons. The Bertz CT molecular complexity index is 1750. The molecule has 5 heterocycles. The Hall–Kier alpha value is -4.91. The molecule has 3 N–H and O–H groups in total. The number of likely N-dealkylation sites (tertiary alicyclic amines) is 1. The maximum atomic E-state index is 13.7. The normalized spacial score (nSPS) is 18.9. The standard InChI is InChI=1S/C29H27N5O7S/c1-15-24-27(37)31-14-32-28(24)42-25(15)29(38)34-11-19-22(12-34)41-18-6-3-16(4-7-18)10-30-23(35)13-40-21-9-17(26(36)33-19)5-8-20(21)39-2/h3-9,14,19,22H,10-13H2,1-2H3,(H,30,35)(H,33,36)(H,31,32,37)/t19-,22-/m0/s1. The molecule has 1 saturated heterocycles. The number of ether oxygens (including phenoxy) is 3. The summed E-state index contributed by atoms with van der Waals surface area (Å²) in [5.74, 6) is 0.163. The minimum absolute atomic E-state index is 0.183. The van der Waals surface area contributed by atoms with Gasteiger partial charge in [-0.2, -0.15) is 0 Å². The number of benzene rings is 2. The van der Waals surface area contributed by atoms with Gasteiger partial charge in [-0.15, -0.1) is 11.3 Å². The summed E-state index contributed by atoms with van der Waals surface area (Å²) in [7, 11) is 1.47. The van der Waals surface area contributed by atoms with Crippen LogP contribution in [0.25, 0.3) is 10.2 Å². The first-order valence-electron chi connectivity index (χ1n) is 13.2. The number of nitrogens with zero attached hydrogens (tertiary/aromatic N) is 2. The molecule has 3 aliphatic rings. The third-order valence-electron chi connectivity index (χ3n) is 7.28. The molecule has 0 unspecified atom stereocenters. The summed E-state index contributed by atoms with van der Waals surface area (Å²) in [6.07, 6.45) is 0.752. The third-order valence-corrected chi connectivity index (χ3v) is 8.47. The molecule has 0 spiro atoms. The average molecular weight is 590 g/mol. The van der Waals surface area contributed by atoms with Gasteiger partial charge in [0.2, 0.25) is 0 Å². The highest BCUT2D eigenvalue weighted by Gasteiger charge is 2.39. The van der Waals surface area contributed by atoms with Gasteiger partial charge in [0.25, 0.3) is 23.3 Å². The molecule has 3 amide bonds. The van der Waals surface area contributed by atoms with Crippen molar-refractivity contribution in [1.29, 1.82) is 0 Å². The Kier molecular flexibility index (Phi) is 7.25. The number of methoxy groups -OCH3 is 1. The number of carbonyl (C=O) groups is 3. The largest absolute Gasteiger partial charge is 0.493 e. The molecular weight excluding hydrogens is 562 g/mol. The average Bonchev–Trinajstić information content (AvgIpc) is 3.55. The zero-order valence-electron chi connectivity index (χ0n) is 22.8. The van der Waals surface area contributed by atoms with Crippen molar-refractivity contribution in [2.45, 2.75) is 25.6 Å². The molecule has 4 aromatic rings. The first-order chi connectivity index (χ1) is 20.3. The van der Waals surface area contributed by atoms with Crippen molar-refractivity contribution in [3.63, 3.8) is 0 Å². The molecule has 2 aromatic heterocycles. The third kappa shape index (κ3) is 5.26. The Morgan fingerprint density at radius 1 is 1.12 bits per heavy atom. The van der Waals surface area contributed by atoms with Gasteiger partial charge in [0.15, 0.2) is 18.1 Å². The van der Waals surface area contributed by atoms with Crippen molar-refractivity contribution in [1.82, 2.24) is 25.5 Å². The quantitative estimate of drug-likeness (QED) is 0.321. The van der Waals surface area contributed by atoms with Crippen LogP contribution in [0.1, 0.15) is 31.2 Å².